The summed E-state index contributed by atoms with van der Waals surface area (Å²) < 4.78 is 75.1. The summed E-state index contributed by atoms with van der Waals surface area (Å²) in [6.45, 7) is 21.3. The Hall–Kier alpha value is -7.40. The smallest absolute Gasteiger partial charge is 0.312 e. The van der Waals surface area contributed by atoms with E-state index >= 15 is 0 Å². The second-order valence-electron chi connectivity index (χ2n) is 32.4. The lowest BCUT2D eigenvalue weighted by molar-refractivity contribution is -0.175. The van der Waals surface area contributed by atoms with E-state index in [9.17, 15) is 71.9 Å². The van der Waals surface area contributed by atoms with Gasteiger partial charge in [0.05, 0.1) is 175 Å². The van der Waals surface area contributed by atoms with Crippen LogP contribution in [-0.2, 0) is 138 Å². The number of hydrogen-bond donors (Lipinski definition) is 0. The Labute approximate surface area is 618 Å². The number of rotatable bonds is 45. The highest BCUT2D eigenvalue weighted by Crippen LogP contribution is 2.59. The fourth-order valence-electron chi connectivity index (χ4n) is 18.0. The van der Waals surface area contributed by atoms with E-state index < -0.39 is 230 Å². The molecule has 0 aromatic carbocycles. The van der Waals surface area contributed by atoms with E-state index in [4.69, 9.17) is 66.3 Å². The number of ether oxygens (including phenoxy) is 14. The van der Waals surface area contributed by atoms with Crippen molar-refractivity contribution in [3.8, 4) is 0 Å². The van der Waals surface area contributed by atoms with Gasteiger partial charge in [-0.15, -0.1) is 0 Å². The number of carbonyl (C=O) groups excluding carboxylic acids is 15. The van der Waals surface area contributed by atoms with E-state index in [1.807, 2.05) is 0 Å². The molecule has 0 spiro atoms. The van der Waals surface area contributed by atoms with Gasteiger partial charge in [0.2, 0.25) is 0 Å². The minimum atomic E-state index is -2.09. The zero-order chi connectivity index (χ0) is 81.7. The maximum Gasteiger partial charge on any atom is 0.312 e. The molecule has 0 aliphatic carbocycles. The van der Waals surface area contributed by atoms with Gasteiger partial charge in [-0.3, -0.25) is 67.1 Å². The molecule has 0 saturated heterocycles. The van der Waals surface area contributed by atoms with Gasteiger partial charge in [0.25, 0.3) is 0 Å². The molecule has 0 aromatic heterocycles. The fraction of sp³-hybridized carbons (Fsp3) is 0.797. The van der Waals surface area contributed by atoms with Crippen LogP contribution in [0.3, 0.4) is 0 Å². The van der Waals surface area contributed by atoms with Gasteiger partial charge in [-0.25, -0.2) is 0 Å². The number of hydrogen-bond acceptors (Lipinski definition) is 30. The first-order chi connectivity index (χ1) is 47.5. The van der Waals surface area contributed by atoms with Gasteiger partial charge in [-0.1, -0.05) is 0 Å². The third-order valence-corrected chi connectivity index (χ3v) is 21.9. The molecule has 0 amide bonds. The summed E-state index contributed by atoms with van der Waals surface area (Å²) in [5.74, 6) is -12.8. The quantitative estimate of drug-likeness (QED) is 0.0237. The van der Waals surface area contributed by atoms with Crippen LogP contribution in [0.2, 0.25) is 0 Å². The Morgan fingerprint density at radius 1 is 0.212 bits per heavy atom. The fourth-order valence-corrected chi connectivity index (χ4v) is 19.0. The van der Waals surface area contributed by atoms with Gasteiger partial charge in [-0.05, 0) is 193 Å². The molecule has 13 atom stereocenters. The van der Waals surface area contributed by atoms with Crippen LogP contribution in [0.4, 0.5) is 0 Å². The minimum absolute atomic E-state index is 0.0553. The lowest BCUT2D eigenvalue weighted by Gasteiger charge is -2.47. The molecule has 0 saturated carbocycles. The Morgan fingerprint density at radius 2 is 0.337 bits per heavy atom. The van der Waals surface area contributed by atoms with E-state index in [-0.39, 0.29) is 25.0 Å². The number of thioether (sulfide) groups is 1. The van der Waals surface area contributed by atoms with Gasteiger partial charge in [-0.2, -0.15) is 11.8 Å². The van der Waals surface area contributed by atoms with Crippen LogP contribution in [0, 0.1) is 75.8 Å². The summed E-state index contributed by atoms with van der Waals surface area (Å²) in [4.78, 5) is 213. The van der Waals surface area contributed by atoms with Crippen LogP contribution in [0.5, 0.6) is 0 Å². The first-order valence-electron chi connectivity index (χ1n) is 33.7. The van der Waals surface area contributed by atoms with Crippen molar-refractivity contribution in [1.29, 1.82) is 0 Å². The molecular formula is C74H120O29S. The number of carbonyl (C=O) groups is 15. The molecular weight excluding hydrogens is 1380 g/mol. The van der Waals surface area contributed by atoms with Crippen LogP contribution in [0.15, 0.2) is 0 Å². The summed E-state index contributed by atoms with van der Waals surface area (Å²) in [6, 6.07) is 0. The summed E-state index contributed by atoms with van der Waals surface area (Å²) in [5.41, 5.74) is -26.3. The van der Waals surface area contributed by atoms with Gasteiger partial charge in [0, 0.05) is 12.2 Å². The number of aldehydes is 1. The molecule has 0 fully saturated rings. The first-order valence-corrected chi connectivity index (χ1v) is 34.9. The molecule has 0 N–H and O–H groups in total. The topological polar surface area (TPSA) is 385 Å². The minimum Gasteiger partial charge on any atom is -0.469 e. The Balaban J connectivity index is 8.86. The molecule has 0 aliphatic heterocycles. The van der Waals surface area contributed by atoms with Crippen molar-refractivity contribution in [3.63, 3.8) is 0 Å². The lowest BCUT2D eigenvalue weighted by atomic mass is 9.55. The second-order valence-corrected chi connectivity index (χ2v) is 33.5. The monoisotopic (exact) mass is 1500 g/mol. The Kier molecular flexibility index (Phi) is 35.0. The molecule has 0 rings (SSSR count). The summed E-state index contributed by atoms with van der Waals surface area (Å²) in [7, 11) is 15.1. The maximum absolute atomic E-state index is 14.9. The second kappa shape index (κ2) is 37.7. The van der Waals surface area contributed by atoms with E-state index in [1.54, 1.807) is 6.92 Å². The average molecular weight is 1510 g/mol. The van der Waals surface area contributed by atoms with E-state index in [0.717, 1.165) is 92.4 Å². The predicted molar refractivity (Wildman–Crippen MR) is 375 cm³/mol. The van der Waals surface area contributed by atoms with E-state index in [1.165, 1.54) is 116 Å². The lowest BCUT2D eigenvalue weighted by Crippen LogP contribution is -2.51. The Bertz CT molecular complexity index is 3130. The Morgan fingerprint density at radius 3 is 0.471 bits per heavy atom. The van der Waals surface area contributed by atoms with Crippen LogP contribution in [0.1, 0.15) is 194 Å². The van der Waals surface area contributed by atoms with Gasteiger partial charge in [0.15, 0.2) is 0 Å². The molecule has 13 unspecified atom stereocenters. The molecule has 104 heavy (non-hydrogen) atoms. The zero-order valence-electron chi connectivity index (χ0n) is 67.1. The van der Waals surface area contributed by atoms with E-state index in [0.29, 0.717) is 12.0 Å². The first kappa shape index (κ1) is 96.6. The zero-order valence-corrected chi connectivity index (χ0v) is 68.0. The predicted octanol–water partition coefficient (Wildman–Crippen LogP) is 8.91. The van der Waals surface area contributed by atoms with Gasteiger partial charge < -0.3 is 71.1 Å². The third kappa shape index (κ3) is 23.1. The van der Waals surface area contributed by atoms with Crippen molar-refractivity contribution in [1.82, 2.24) is 0 Å². The SMILES string of the molecule is COC(=O)C(C)(C)CC(C)(CC(C)(CC(C)(CC(C)(CC(C)(CC(C)(CC(C)(CC(C)(CC(C)(CC(C)(CC(C)(CC(C)(CC(C)(CSCCC=O)C(=O)OC)C(=O)OC)C(=O)OC)C(=O)OC)C(=O)OC)C(=O)OC)C(=O)OC)C(=O)OC)C(=O)OC)C(=O)OC)C(=O)OC)C(=O)OC)C(=O)OC. The van der Waals surface area contributed by atoms with Crippen molar-refractivity contribution in [2.24, 2.45) is 75.8 Å². The summed E-state index contributed by atoms with van der Waals surface area (Å²) >= 11 is 1.25. The maximum atomic E-state index is 14.9. The highest BCUT2D eigenvalue weighted by molar-refractivity contribution is 7.99. The van der Waals surface area contributed by atoms with Crippen molar-refractivity contribution >= 4 is 102 Å². The van der Waals surface area contributed by atoms with Crippen LogP contribution in [0.25, 0.3) is 0 Å². The highest BCUT2D eigenvalue weighted by Gasteiger charge is 2.63. The summed E-state index contributed by atoms with van der Waals surface area (Å²) in [6.07, 6.45) is -6.18. The van der Waals surface area contributed by atoms with Crippen molar-refractivity contribution in [2.45, 2.75) is 194 Å². The van der Waals surface area contributed by atoms with Crippen molar-refractivity contribution < 1.29 is 138 Å². The molecule has 29 nitrogen and oxygen atoms in total. The molecule has 596 valence electrons. The normalized spacial score (nSPS) is 19.1. The molecule has 0 heterocycles. The van der Waals surface area contributed by atoms with E-state index in [2.05, 4.69) is 0 Å². The van der Waals surface area contributed by atoms with Crippen LogP contribution in [-0.4, -0.2) is 201 Å². The molecule has 0 aromatic rings. The number of methoxy groups -OCH3 is 14. The molecule has 30 heteroatoms. The largest absolute Gasteiger partial charge is 0.469 e. The highest BCUT2D eigenvalue weighted by atomic mass is 32.2. The molecule has 0 aliphatic rings. The standard InChI is InChI=1S/C74H120O29S/c1-61(2,47(76)90-16)33-62(3,48(77)91-17)34-63(4,49(78)92-18)35-64(5,50(79)93-19)36-65(6,51(80)94-20)37-66(7,52(81)95-21)38-67(8,53(82)96-22)39-68(9,54(83)97-23)40-69(10,55(84)98-24)41-70(11,56(85)99-25)42-71(12,57(86)100-26)43-72(13,58(87)101-27)44-73(14,59(88)102-28)45-74(15,60(89)103-29)46-104-32-30-31-75/h31H,30,32-46H2,1-29H3. The van der Waals surface area contributed by atoms with Crippen molar-refractivity contribution in [2.75, 3.05) is 111 Å². The average Bonchev–Trinajstić information content (AvgIpc) is 0.754. The third-order valence-electron chi connectivity index (χ3n) is 20.6. The van der Waals surface area contributed by atoms with Gasteiger partial charge in [0.1, 0.15) is 6.29 Å². The van der Waals surface area contributed by atoms with Gasteiger partial charge >= 0.3 is 83.6 Å². The summed E-state index contributed by atoms with van der Waals surface area (Å²) in [5, 5.41) is 0. The number of esters is 14. The molecule has 0 bridgehead atoms. The van der Waals surface area contributed by atoms with Crippen molar-refractivity contribution in [3.05, 3.63) is 0 Å². The van der Waals surface area contributed by atoms with Crippen LogP contribution >= 0.6 is 11.8 Å². The van der Waals surface area contributed by atoms with Crippen LogP contribution < -0.4 is 0 Å². The molecule has 0 radical (unpaired) electrons.